The van der Waals surface area contributed by atoms with Gasteiger partial charge in [-0.3, -0.25) is 4.98 Å². The molecule has 0 unspecified atom stereocenters. The smallest absolute Gasteiger partial charge is 0.140 e. The summed E-state index contributed by atoms with van der Waals surface area (Å²) in [5.41, 5.74) is 2.41. The quantitative estimate of drug-likeness (QED) is 0.937. The van der Waals surface area contributed by atoms with E-state index in [1.165, 1.54) is 11.1 Å². The van der Waals surface area contributed by atoms with Gasteiger partial charge in [0.15, 0.2) is 0 Å². The molecule has 82 valence electrons. The third kappa shape index (κ3) is 2.58. The minimum Gasteiger partial charge on any atom is -0.365 e. The van der Waals surface area contributed by atoms with E-state index in [0.29, 0.717) is 0 Å². The van der Waals surface area contributed by atoms with Gasteiger partial charge in [-0.1, -0.05) is 0 Å². The van der Waals surface area contributed by atoms with Gasteiger partial charge in [-0.2, -0.15) is 0 Å². The Balaban J connectivity index is 2.09. The summed E-state index contributed by atoms with van der Waals surface area (Å²) >= 11 is 3.45. The number of anilines is 1. The fraction of sp³-hybridized carbons (Fsp3) is 0.167. The third-order valence-corrected chi connectivity index (χ3v) is 2.99. The summed E-state index contributed by atoms with van der Waals surface area (Å²) in [6.07, 6.45) is 5.44. The molecule has 2 heterocycles. The minimum absolute atomic E-state index is 0.731. The number of pyridine rings is 2. The minimum atomic E-state index is 0.731. The molecular weight excluding hydrogens is 266 g/mol. The highest BCUT2D eigenvalue weighted by Crippen LogP contribution is 2.19. The van der Waals surface area contributed by atoms with Crippen molar-refractivity contribution in [2.24, 2.45) is 0 Å². The van der Waals surface area contributed by atoms with Crippen LogP contribution in [0.15, 0.2) is 41.3 Å². The molecule has 2 aromatic rings. The fourth-order valence-corrected chi connectivity index (χ4v) is 1.77. The summed E-state index contributed by atoms with van der Waals surface area (Å²) in [5.74, 6) is 0.853. The van der Waals surface area contributed by atoms with Gasteiger partial charge >= 0.3 is 0 Å². The molecule has 16 heavy (non-hydrogen) atoms. The molecule has 0 spiro atoms. The molecule has 0 atom stereocenters. The van der Waals surface area contributed by atoms with Gasteiger partial charge in [-0.15, -0.1) is 0 Å². The number of nitrogens with one attached hydrogen (secondary N) is 1. The molecule has 1 N–H and O–H groups in total. The lowest BCUT2D eigenvalue weighted by molar-refractivity contribution is 1.06. The molecule has 0 aliphatic heterocycles. The van der Waals surface area contributed by atoms with E-state index in [1.54, 1.807) is 12.4 Å². The van der Waals surface area contributed by atoms with Crippen LogP contribution in [0.1, 0.15) is 11.1 Å². The first-order valence-corrected chi connectivity index (χ1v) is 5.80. The average Bonchev–Trinajstić information content (AvgIpc) is 2.30. The van der Waals surface area contributed by atoms with Crippen LogP contribution < -0.4 is 5.32 Å². The van der Waals surface area contributed by atoms with Crippen LogP contribution in [0.4, 0.5) is 5.82 Å². The maximum Gasteiger partial charge on any atom is 0.140 e. The summed E-state index contributed by atoms with van der Waals surface area (Å²) in [4.78, 5) is 8.35. The Labute approximate surface area is 103 Å². The third-order valence-electron chi connectivity index (χ3n) is 2.35. The lowest BCUT2D eigenvalue weighted by Gasteiger charge is -2.08. The molecule has 0 aliphatic carbocycles. The van der Waals surface area contributed by atoms with Crippen molar-refractivity contribution in [1.29, 1.82) is 0 Å². The van der Waals surface area contributed by atoms with Gasteiger partial charge in [0.2, 0.25) is 0 Å². The number of hydrogen-bond donors (Lipinski definition) is 1. The van der Waals surface area contributed by atoms with E-state index in [0.717, 1.165) is 16.8 Å². The van der Waals surface area contributed by atoms with Gasteiger partial charge in [0.25, 0.3) is 0 Å². The first-order chi connectivity index (χ1) is 7.77. The van der Waals surface area contributed by atoms with E-state index in [4.69, 9.17) is 0 Å². The number of aryl methyl sites for hydroxylation is 1. The lowest BCUT2D eigenvalue weighted by Crippen LogP contribution is -2.03. The molecule has 0 saturated heterocycles. The molecule has 0 fully saturated rings. The number of halogens is 1. The summed E-state index contributed by atoms with van der Waals surface area (Å²) < 4.78 is 0.969. The summed E-state index contributed by atoms with van der Waals surface area (Å²) in [6, 6.07) is 5.86. The molecule has 0 amide bonds. The Morgan fingerprint density at radius 2 is 2.19 bits per heavy atom. The fourth-order valence-electron chi connectivity index (χ4n) is 1.38. The van der Waals surface area contributed by atoms with Gasteiger partial charge in [0.05, 0.1) is 4.47 Å². The van der Waals surface area contributed by atoms with E-state index in [9.17, 15) is 0 Å². The van der Waals surface area contributed by atoms with Crippen LogP contribution in [0, 0.1) is 6.92 Å². The Hall–Kier alpha value is -1.42. The maximum absolute atomic E-state index is 4.24. The zero-order chi connectivity index (χ0) is 11.4. The molecular formula is C12H12BrN3. The molecule has 2 aromatic heterocycles. The SMILES string of the molecule is Cc1ccncc1CNc1ncccc1Br. The van der Waals surface area contributed by atoms with Crippen LogP contribution in [-0.2, 0) is 6.54 Å². The predicted molar refractivity (Wildman–Crippen MR) is 68.2 cm³/mol. The van der Waals surface area contributed by atoms with Crippen molar-refractivity contribution in [3.63, 3.8) is 0 Å². The van der Waals surface area contributed by atoms with Crippen molar-refractivity contribution in [2.75, 3.05) is 5.32 Å². The van der Waals surface area contributed by atoms with Gasteiger partial charge in [-0.25, -0.2) is 4.98 Å². The second kappa shape index (κ2) is 5.07. The van der Waals surface area contributed by atoms with Crippen LogP contribution in [0.2, 0.25) is 0 Å². The monoisotopic (exact) mass is 277 g/mol. The molecule has 0 aromatic carbocycles. The van der Waals surface area contributed by atoms with E-state index >= 15 is 0 Å². The maximum atomic E-state index is 4.24. The van der Waals surface area contributed by atoms with Crippen molar-refractivity contribution in [3.05, 3.63) is 52.4 Å². The van der Waals surface area contributed by atoms with Crippen LogP contribution in [0.3, 0.4) is 0 Å². The van der Waals surface area contributed by atoms with Crippen molar-refractivity contribution in [2.45, 2.75) is 13.5 Å². The Bertz CT molecular complexity index is 440. The molecule has 4 heteroatoms. The Kier molecular flexibility index (Phi) is 3.51. The highest BCUT2D eigenvalue weighted by atomic mass is 79.9. The van der Waals surface area contributed by atoms with Crippen LogP contribution in [0.25, 0.3) is 0 Å². The molecule has 2 rings (SSSR count). The van der Waals surface area contributed by atoms with E-state index in [-0.39, 0.29) is 0 Å². The molecule has 0 radical (unpaired) electrons. The van der Waals surface area contributed by atoms with E-state index < -0.39 is 0 Å². The number of aromatic nitrogens is 2. The summed E-state index contributed by atoms with van der Waals surface area (Å²) in [5, 5.41) is 3.27. The number of hydrogen-bond acceptors (Lipinski definition) is 3. The Morgan fingerprint density at radius 3 is 2.94 bits per heavy atom. The van der Waals surface area contributed by atoms with Gasteiger partial charge in [0.1, 0.15) is 5.82 Å². The number of rotatable bonds is 3. The lowest BCUT2D eigenvalue weighted by atomic mass is 10.1. The zero-order valence-electron chi connectivity index (χ0n) is 8.94. The Morgan fingerprint density at radius 1 is 1.31 bits per heavy atom. The van der Waals surface area contributed by atoms with Gasteiger partial charge < -0.3 is 5.32 Å². The topological polar surface area (TPSA) is 37.8 Å². The first kappa shape index (κ1) is 11.1. The molecule has 0 saturated carbocycles. The molecule has 0 bridgehead atoms. The highest BCUT2D eigenvalue weighted by Gasteiger charge is 2.01. The van der Waals surface area contributed by atoms with Crippen molar-refractivity contribution in [3.8, 4) is 0 Å². The van der Waals surface area contributed by atoms with Crippen molar-refractivity contribution < 1.29 is 0 Å². The summed E-state index contributed by atoms with van der Waals surface area (Å²) in [6.45, 7) is 2.81. The highest BCUT2D eigenvalue weighted by molar-refractivity contribution is 9.10. The molecule has 3 nitrogen and oxygen atoms in total. The normalized spacial score (nSPS) is 10.1. The van der Waals surface area contributed by atoms with E-state index in [1.807, 2.05) is 24.4 Å². The van der Waals surface area contributed by atoms with Crippen LogP contribution in [-0.4, -0.2) is 9.97 Å². The largest absolute Gasteiger partial charge is 0.365 e. The van der Waals surface area contributed by atoms with Crippen LogP contribution in [0.5, 0.6) is 0 Å². The number of nitrogens with zero attached hydrogens (tertiary/aromatic N) is 2. The average molecular weight is 278 g/mol. The van der Waals surface area contributed by atoms with Crippen molar-refractivity contribution in [1.82, 2.24) is 9.97 Å². The van der Waals surface area contributed by atoms with Gasteiger partial charge in [0, 0.05) is 25.1 Å². The predicted octanol–water partition coefficient (Wildman–Crippen LogP) is 3.16. The molecule has 0 aliphatic rings. The zero-order valence-corrected chi connectivity index (χ0v) is 10.5. The summed E-state index contributed by atoms with van der Waals surface area (Å²) in [7, 11) is 0. The second-order valence-electron chi connectivity index (χ2n) is 3.49. The van der Waals surface area contributed by atoms with Crippen LogP contribution >= 0.6 is 15.9 Å². The van der Waals surface area contributed by atoms with Gasteiger partial charge in [-0.05, 0) is 52.2 Å². The second-order valence-corrected chi connectivity index (χ2v) is 4.34. The van der Waals surface area contributed by atoms with E-state index in [2.05, 4.69) is 38.1 Å². The van der Waals surface area contributed by atoms with Crippen molar-refractivity contribution >= 4 is 21.7 Å². The standard InChI is InChI=1S/C12H12BrN3/c1-9-4-6-14-7-10(9)8-16-12-11(13)3-2-5-15-12/h2-7H,8H2,1H3,(H,15,16). The first-order valence-electron chi connectivity index (χ1n) is 5.01.